The van der Waals surface area contributed by atoms with Crippen LogP contribution in [0.25, 0.3) is 11.0 Å². The fourth-order valence-corrected chi connectivity index (χ4v) is 3.64. The van der Waals surface area contributed by atoms with Crippen LogP contribution in [0.2, 0.25) is 0 Å². The topological polar surface area (TPSA) is 90.9 Å². The molecule has 0 saturated carbocycles. The first-order valence-electron chi connectivity index (χ1n) is 9.98. The summed E-state index contributed by atoms with van der Waals surface area (Å²) in [6.07, 6.45) is 6.86. The highest BCUT2D eigenvalue weighted by molar-refractivity contribution is 5.88. The monoisotopic (exact) mass is 360 g/mol. The first-order chi connectivity index (χ1) is 12.6. The molecule has 1 aliphatic rings. The van der Waals surface area contributed by atoms with Crippen LogP contribution < -0.4 is 15.8 Å². The second kappa shape index (κ2) is 8.66. The van der Waals surface area contributed by atoms with E-state index in [1.807, 2.05) is 13.8 Å². The predicted octanol–water partition coefficient (Wildman–Crippen LogP) is 2.93. The van der Waals surface area contributed by atoms with Gasteiger partial charge in [-0.15, -0.1) is 10.2 Å². The van der Waals surface area contributed by atoms with Crippen LogP contribution in [0.1, 0.15) is 58.7 Å². The van der Waals surface area contributed by atoms with Gasteiger partial charge in [0.25, 0.3) is 5.88 Å². The maximum atomic E-state index is 6.09. The zero-order chi connectivity index (χ0) is 18.5. The Morgan fingerprint density at radius 2 is 2.04 bits per heavy atom. The molecule has 0 amide bonds. The number of rotatable bonds is 8. The van der Waals surface area contributed by atoms with Crippen molar-refractivity contribution in [1.82, 2.24) is 25.1 Å². The SMILES string of the molecule is CCCCc1nc2c(N)nnc(OC(C)C)c2n1CCC1CCNCC1. The Balaban J connectivity index is 1.96. The number of ether oxygens (including phenoxy) is 1. The second-order valence-electron chi connectivity index (χ2n) is 7.52. The van der Waals surface area contributed by atoms with Crippen LogP contribution in [0.5, 0.6) is 5.88 Å². The number of hydrogen-bond donors (Lipinski definition) is 2. The smallest absolute Gasteiger partial charge is 0.260 e. The van der Waals surface area contributed by atoms with Gasteiger partial charge in [-0.1, -0.05) is 13.3 Å². The Hall–Kier alpha value is -1.89. The molecule has 0 aromatic carbocycles. The molecule has 0 aliphatic carbocycles. The van der Waals surface area contributed by atoms with E-state index in [1.165, 1.54) is 12.8 Å². The highest BCUT2D eigenvalue weighted by Crippen LogP contribution is 2.30. The van der Waals surface area contributed by atoms with E-state index in [2.05, 4.69) is 27.0 Å². The first-order valence-corrected chi connectivity index (χ1v) is 9.98. The van der Waals surface area contributed by atoms with Crippen molar-refractivity contribution in [3.8, 4) is 5.88 Å². The van der Waals surface area contributed by atoms with Gasteiger partial charge in [-0.25, -0.2) is 4.98 Å². The van der Waals surface area contributed by atoms with E-state index in [4.69, 9.17) is 15.5 Å². The minimum atomic E-state index is 0.0305. The third kappa shape index (κ3) is 4.26. The molecule has 0 atom stereocenters. The fourth-order valence-electron chi connectivity index (χ4n) is 3.64. The normalized spacial score (nSPS) is 15.8. The summed E-state index contributed by atoms with van der Waals surface area (Å²) < 4.78 is 8.22. The van der Waals surface area contributed by atoms with Gasteiger partial charge in [0.2, 0.25) is 0 Å². The summed E-state index contributed by atoms with van der Waals surface area (Å²) in [5.74, 6) is 2.76. The number of piperidine rings is 1. The fraction of sp³-hybridized carbons (Fsp3) is 0.737. The highest BCUT2D eigenvalue weighted by Gasteiger charge is 2.21. The van der Waals surface area contributed by atoms with Crippen molar-refractivity contribution in [2.24, 2.45) is 5.92 Å². The average Bonchev–Trinajstić information content (AvgIpc) is 3.00. The number of unbranched alkanes of at least 4 members (excludes halogenated alkanes) is 1. The van der Waals surface area contributed by atoms with E-state index < -0.39 is 0 Å². The predicted molar refractivity (Wildman–Crippen MR) is 104 cm³/mol. The van der Waals surface area contributed by atoms with E-state index >= 15 is 0 Å². The van der Waals surface area contributed by atoms with Gasteiger partial charge >= 0.3 is 0 Å². The van der Waals surface area contributed by atoms with Crippen molar-refractivity contribution in [1.29, 1.82) is 0 Å². The maximum absolute atomic E-state index is 6.09. The summed E-state index contributed by atoms with van der Waals surface area (Å²) in [5.41, 5.74) is 7.73. The van der Waals surface area contributed by atoms with E-state index in [0.717, 1.165) is 68.1 Å². The molecule has 0 radical (unpaired) electrons. The summed E-state index contributed by atoms with van der Waals surface area (Å²) in [6.45, 7) is 9.37. The Bertz CT molecular complexity index is 720. The number of nitrogen functional groups attached to an aromatic ring is 1. The molecule has 7 nitrogen and oxygen atoms in total. The Labute approximate surface area is 155 Å². The Morgan fingerprint density at radius 1 is 1.27 bits per heavy atom. The van der Waals surface area contributed by atoms with Crippen molar-refractivity contribution in [3.05, 3.63) is 5.82 Å². The number of fused-ring (bicyclic) bond motifs is 1. The van der Waals surface area contributed by atoms with Gasteiger partial charge in [0.15, 0.2) is 5.82 Å². The molecule has 1 fully saturated rings. The third-order valence-corrected chi connectivity index (χ3v) is 5.06. The minimum Gasteiger partial charge on any atom is -0.472 e. The number of imidazole rings is 1. The van der Waals surface area contributed by atoms with Crippen LogP contribution in [-0.2, 0) is 13.0 Å². The molecule has 2 aromatic rings. The average molecular weight is 361 g/mol. The van der Waals surface area contributed by atoms with Gasteiger partial charge in [-0.2, -0.15) is 0 Å². The second-order valence-corrected chi connectivity index (χ2v) is 7.52. The van der Waals surface area contributed by atoms with E-state index in [-0.39, 0.29) is 6.10 Å². The standard InChI is InChI=1S/C19H32N6O/c1-4-5-6-15-22-16-17(19(26-13(2)3)24-23-18(16)20)25(15)12-9-14-7-10-21-11-8-14/h13-14,21H,4-12H2,1-3H3,(H2,20,23). The van der Waals surface area contributed by atoms with Gasteiger partial charge < -0.3 is 20.4 Å². The quantitative estimate of drug-likeness (QED) is 0.752. The first kappa shape index (κ1) is 18.9. The van der Waals surface area contributed by atoms with Crippen molar-refractivity contribution >= 4 is 16.9 Å². The molecule has 3 rings (SSSR count). The lowest BCUT2D eigenvalue weighted by molar-refractivity contribution is 0.232. The molecule has 144 valence electrons. The van der Waals surface area contributed by atoms with Gasteiger partial charge in [-0.3, -0.25) is 0 Å². The number of nitrogens with zero attached hydrogens (tertiary/aromatic N) is 4. The number of aromatic nitrogens is 4. The van der Waals surface area contributed by atoms with Crippen molar-refractivity contribution in [2.75, 3.05) is 18.8 Å². The molecule has 1 aliphatic heterocycles. The molecular weight excluding hydrogens is 328 g/mol. The number of nitrogens with two attached hydrogens (primary N) is 1. The lowest BCUT2D eigenvalue weighted by Gasteiger charge is -2.23. The zero-order valence-corrected chi connectivity index (χ0v) is 16.3. The number of nitrogens with one attached hydrogen (secondary N) is 1. The highest BCUT2D eigenvalue weighted by atomic mass is 16.5. The van der Waals surface area contributed by atoms with Crippen LogP contribution in [0.15, 0.2) is 0 Å². The Morgan fingerprint density at radius 3 is 2.73 bits per heavy atom. The molecule has 1 saturated heterocycles. The lowest BCUT2D eigenvalue weighted by Crippen LogP contribution is -2.28. The molecule has 3 N–H and O–H groups in total. The van der Waals surface area contributed by atoms with E-state index in [1.54, 1.807) is 0 Å². The van der Waals surface area contributed by atoms with Gasteiger partial charge in [0.1, 0.15) is 16.9 Å². The Kier molecular flexibility index (Phi) is 6.29. The maximum Gasteiger partial charge on any atom is 0.260 e. The lowest BCUT2D eigenvalue weighted by atomic mass is 9.94. The molecule has 26 heavy (non-hydrogen) atoms. The number of hydrogen-bond acceptors (Lipinski definition) is 6. The van der Waals surface area contributed by atoms with Crippen LogP contribution >= 0.6 is 0 Å². The number of anilines is 1. The van der Waals surface area contributed by atoms with Gasteiger partial charge in [-0.05, 0) is 58.5 Å². The molecule has 0 unspecified atom stereocenters. The summed E-state index contributed by atoms with van der Waals surface area (Å²) >= 11 is 0. The van der Waals surface area contributed by atoms with Crippen LogP contribution in [-0.4, -0.2) is 38.9 Å². The molecule has 0 spiro atoms. The van der Waals surface area contributed by atoms with Gasteiger partial charge in [0, 0.05) is 13.0 Å². The van der Waals surface area contributed by atoms with E-state index in [9.17, 15) is 0 Å². The molecule has 3 heterocycles. The summed E-state index contributed by atoms with van der Waals surface area (Å²) in [6, 6.07) is 0. The molecule has 2 aromatic heterocycles. The number of aryl methyl sites for hydroxylation is 2. The summed E-state index contributed by atoms with van der Waals surface area (Å²) in [5, 5.41) is 11.7. The van der Waals surface area contributed by atoms with Crippen LogP contribution in [0, 0.1) is 5.92 Å². The molecular formula is C19H32N6O. The van der Waals surface area contributed by atoms with Crippen molar-refractivity contribution < 1.29 is 4.74 Å². The van der Waals surface area contributed by atoms with E-state index in [0.29, 0.717) is 11.7 Å². The van der Waals surface area contributed by atoms with Crippen LogP contribution in [0.4, 0.5) is 5.82 Å². The minimum absolute atomic E-state index is 0.0305. The summed E-state index contributed by atoms with van der Waals surface area (Å²) in [7, 11) is 0. The van der Waals surface area contributed by atoms with Gasteiger partial charge in [0.05, 0.1) is 6.10 Å². The molecule has 0 bridgehead atoms. The largest absolute Gasteiger partial charge is 0.472 e. The summed E-state index contributed by atoms with van der Waals surface area (Å²) in [4.78, 5) is 4.82. The van der Waals surface area contributed by atoms with Crippen LogP contribution in [0.3, 0.4) is 0 Å². The molecule has 7 heteroatoms. The zero-order valence-electron chi connectivity index (χ0n) is 16.3. The van der Waals surface area contributed by atoms with Crippen molar-refractivity contribution in [3.63, 3.8) is 0 Å². The third-order valence-electron chi connectivity index (χ3n) is 5.06. The van der Waals surface area contributed by atoms with Crippen molar-refractivity contribution in [2.45, 2.75) is 71.9 Å².